The fraction of sp³-hybridized carbons (Fsp3) is 0.200. The summed E-state index contributed by atoms with van der Waals surface area (Å²) in [6.07, 6.45) is 0. The first-order chi connectivity index (χ1) is 9.43. The highest BCUT2D eigenvalue weighted by atomic mass is 79.9. The average molecular weight is 358 g/mol. The molecule has 0 aliphatic heterocycles. The zero-order valence-electron chi connectivity index (χ0n) is 11.2. The number of benzene rings is 2. The molecule has 2 aromatic carbocycles. The Morgan fingerprint density at radius 2 is 1.95 bits per heavy atom. The van der Waals surface area contributed by atoms with Crippen LogP contribution in [0.5, 0.6) is 0 Å². The van der Waals surface area contributed by atoms with E-state index < -0.39 is 6.04 Å². The van der Waals surface area contributed by atoms with E-state index in [-0.39, 0.29) is 5.82 Å². The van der Waals surface area contributed by atoms with E-state index in [4.69, 9.17) is 17.4 Å². The van der Waals surface area contributed by atoms with Crippen molar-refractivity contribution >= 4 is 27.5 Å². The lowest BCUT2D eigenvalue weighted by Gasteiger charge is -2.21. The Morgan fingerprint density at radius 3 is 2.50 bits per heavy atom. The predicted molar refractivity (Wildman–Crippen MR) is 84.2 cm³/mol. The SMILES string of the molecule is Cc1cc(C)c(C(NN)c2ccc(Br)cc2Cl)c(F)c1. The number of hydrazine groups is 1. The molecule has 0 bridgehead atoms. The molecule has 3 N–H and O–H groups in total. The number of hydrogen-bond acceptors (Lipinski definition) is 2. The fourth-order valence-electron chi connectivity index (χ4n) is 2.36. The second-order valence-corrected chi connectivity index (χ2v) is 6.07. The van der Waals surface area contributed by atoms with Gasteiger partial charge in [0.05, 0.1) is 6.04 Å². The van der Waals surface area contributed by atoms with Crippen LogP contribution in [-0.4, -0.2) is 0 Å². The summed E-state index contributed by atoms with van der Waals surface area (Å²) >= 11 is 9.59. The minimum atomic E-state index is -0.490. The molecule has 0 aromatic heterocycles. The molecule has 0 spiro atoms. The third-order valence-electron chi connectivity index (χ3n) is 3.21. The number of aryl methyl sites for hydroxylation is 2. The number of halogens is 3. The van der Waals surface area contributed by atoms with Gasteiger partial charge in [-0.3, -0.25) is 5.84 Å². The second kappa shape index (κ2) is 6.22. The van der Waals surface area contributed by atoms with Gasteiger partial charge in [-0.1, -0.05) is 39.7 Å². The van der Waals surface area contributed by atoms with Crippen LogP contribution in [0.1, 0.15) is 28.3 Å². The first kappa shape index (κ1) is 15.4. The lowest BCUT2D eigenvalue weighted by atomic mass is 9.93. The first-order valence-corrected chi connectivity index (χ1v) is 7.29. The Kier molecular flexibility index (Phi) is 4.81. The third-order valence-corrected chi connectivity index (χ3v) is 4.03. The van der Waals surface area contributed by atoms with Crippen LogP contribution < -0.4 is 11.3 Å². The van der Waals surface area contributed by atoms with Crippen molar-refractivity contribution in [2.24, 2.45) is 5.84 Å². The summed E-state index contributed by atoms with van der Waals surface area (Å²) < 4.78 is 15.2. The zero-order chi connectivity index (χ0) is 14.9. The monoisotopic (exact) mass is 356 g/mol. The lowest BCUT2D eigenvalue weighted by molar-refractivity contribution is 0.556. The summed E-state index contributed by atoms with van der Waals surface area (Å²) in [6.45, 7) is 3.72. The molecule has 20 heavy (non-hydrogen) atoms. The molecule has 0 saturated heterocycles. The summed E-state index contributed by atoms with van der Waals surface area (Å²) in [5.74, 6) is 5.35. The van der Waals surface area contributed by atoms with Crippen LogP contribution in [0, 0.1) is 19.7 Å². The van der Waals surface area contributed by atoms with Crippen LogP contribution in [0.25, 0.3) is 0 Å². The highest BCUT2D eigenvalue weighted by molar-refractivity contribution is 9.10. The van der Waals surface area contributed by atoms with Crippen molar-refractivity contribution in [2.75, 3.05) is 0 Å². The standard InChI is InChI=1S/C15H15BrClFN2/c1-8-5-9(2)14(13(18)6-8)15(20-19)11-4-3-10(16)7-12(11)17/h3-7,15,20H,19H2,1-2H3. The first-order valence-electron chi connectivity index (χ1n) is 6.11. The molecule has 1 atom stereocenters. The second-order valence-electron chi connectivity index (χ2n) is 4.74. The molecule has 0 radical (unpaired) electrons. The smallest absolute Gasteiger partial charge is 0.128 e. The van der Waals surface area contributed by atoms with Gasteiger partial charge in [-0.05, 0) is 48.7 Å². The topological polar surface area (TPSA) is 38.0 Å². The van der Waals surface area contributed by atoms with Gasteiger partial charge in [0, 0.05) is 15.1 Å². The van der Waals surface area contributed by atoms with E-state index in [9.17, 15) is 4.39 Å². The van der Waals surface area contributed by atoms with Crippen LogP contribution >= 0.6 is 27.5 Å². The molecule has 1 unspecified atom stereocenters. The summed E-state index contributed by atoms with van der Waals surface area (Å²) in [7, 11) is 0. The molecule has 0 fully saturated rings. The number of rotatable bonds is 3. The Labute approximate surface area is 131 Å². The Hall–Kier alpha value is -0.940. The third kappa shape index (κ3) is 3.04. The van der Waals surface area contributed by atoms with Crippen molar-refractivity contribution in [2.45, 2.75) is 19.9 Å². The van der Waals surface area contributed by atoms with Crippen molar-refractivity contribution in [3.8, 4) is 0 Å². The largest absolute Gasteiger partial charge is 0.271 e. The minimum absolute atomic E-state index is 0.288. The van der Waals surface area contributed by atoms with Gasteiger partial charge in [0.2, 0.25) is 0 Å². The minimum Gasteiger partial charge on any atom is -0.271 e. The van der Waals surface area contributed by atoms with E-state index in [1.807, 2.05) is 32.0 Å². The molecule has 0 saturated carbocycles. The molecular weight excluding hydrogens is 343 g/mol. The molecule has 2 rings (SSSR count). The van der Waals surface area contributed by atoms with Crippen molar-refractivity contribution in [1.82, 2.24) is 5.43 Å². The van der Waals surface area contributed by atoms with Gasteiger partial charge in [0.1, 0.15) is 5.82 Å². The maximum atomic E-state index is 14.3. The van der Waals surface area contributed by atoms with Crippen LogP contribution in [-0.2, 0) is 0 Å². The van der Waals surface area contributed by atoms with Gasteiger partial charge in [-0.2, -0.15) is 0 Å². The Balaban J connectivity index is 2.58. The average Bonchev–Trinajstić information content (AvgIpc) is 2.34. The van der Waals surface area contributed by atoms with Crippen molar-refractivity contribution in [1.29, 1.82) is 0 Å². The van der Waals surface area contributed by atoms with E-state index >= 15 is 0 Å². The normalized spacial score (nSPS) is 12.5. The van der Waals surface area contributed by atoms with Crippen molar-refractivity contribution < 1.29 is 4.39 Å². The highest BCUT2D eigenvalue weighted by Crippen LogP contribution is 2.33. The predicted octanol–water partition coefficient (Wildman–Crippen LogP) is 4.41. The molecule has 106 valence electrons. The molecule has 2 nitrogen and oxygen atoms in total. The van der Waals surface area contributed by atoms with Gasteiger partial charge in [0.15, 0.2) is 0 Å². The number of hydrogen-bond donors (Lipinski definition) is 2. The van der Waals surface area contributed by atoms with Crippen molar-refractivity contribution in [3.63, 3.8) is 0 Å². The van der Waals surface area contributed by atoms with E-state index in [2.05, 4.69) is 21.4 Å². The highest BCUT2D eigenvalue weighted by Gasteiger charge is 2.21. The molecule has 0 amide bonds. The van der Waals surface area contributed by atoms with Crippen LogP contribution in [0.4, 0.5) is 4.39 Å². The van der Waals surface area contributed by atoms with Crippen LogP contribution in [0.3, 0.4) is 0 Å². The van der Waals surface area contributed by atoms with Crippen molar-refractivity contribution in [3.05, 3.63) is 67.9 Å². The van der Waals surface area contributed by atoms with Gasteiger partial charge >= 0.3 is 0 Å². The quantitative estimate of drug-likeness (QED) is 0.631. The van der Waals surface area contributed by atoms with Gasteiger partial charge in [-0.15, -0.1) is 0 Å². The maximum absolute atomic E-state index is 14.3. The van der Waals surface area contributed by atoms with Crippen LogP contribution in [0.15, 0.2) is 34.8 Å². The molecule has 0 heterocycles. The van der Waals surface area contributed by atoms with Gasteiger partial charge in [0.25, 0.3) is 0 Å². The molecule has 0 aliphatic carbocycles. The van der Waals surface area contributed by atoms with E-state index in [1.165, 1.54) is 6.07 Å². The molecule has 0 aliphatic rings. The molecular formula is C15H15BrClFN2. The van der Waals surface area contributed by atoms with E-state index in [0.29, 0.717) is 10.6 Å². The fourth-order valence-corrected chi connectivity index (χ4v) is 3.14. The number of nitrogens with one attached hydrogen (secondary N) is 1. The lowest BCUT2D eigenvalue weighted by Crippen LogP contribution is -2.30. The molecule has 5 heteroatoms. The zero-order valence-corrected chi connectivity index (χ0v) is 13.5. The summed E-state index contributed by atoms with van der Waals surface area (Å²) in [5.41, 5.74) is 5.63. The Bertz CT molecular complexity index is 623. The van der Waals surface area contributed by atoms with Gasteiger partial charge < -0.3 is 0 Å². The van der Waals surface area contributed by atoms with Crippen LogP contribution in [0.2, 0.25) is 5.02 Å². The molecule has 2 aromatic rings. The Morgan fingerprint density at radius 1 is 1.25 bits per heavy atom. The van der Waals surface area contributed by atoms with E-state index in [1.54, 1.807) is 6.07 Å². The number of nitrogens with two attached hydrogens (primary N) is 1. The van der Waals surface area contributed by atoms with E-state index in [0.717, 1.165) is 21.2 Å². The summed E-state index contributed by atoms with van der Waals surface area (Å²) in [4.78, 5) is 0. The maximum Gasteiger partial charge on any atom is 0.128 e. The summed E-state index contributed by atoms with van der Waals surface area (Å²) in [6, 6.07) is 8.39. The van der Waals surface area contributed by atoms with Gasteiger partial charge in [-0.25, -0.2) is 9.82 Å². The summed E-state index contributed by atoms with van der Waals surface area (Å²) in [5, 5.41) is 0.529.